The first-order chi connectivity index (χ1) is 14.1. The number of hydrogen-bond acceptors (Lipinski definition) is 4. The van der Waals surface area contributed by atoms with Gasteiger partial charge >= 0.3 is 0 Å². The van der Waals surface area contributed by atoms with Gasteiger partial charge in [0.1, 0.15) is 18.1 Å². The Morgan fingerprint density at radius 1 is 1.03 bits per heavy atom. The van der Waals surface area contributed by atoms with Gasteiger partial charge in [-0.1, -0.05) is 29.9 Å². The second-order valence-electron chi connectivity index (χ2n) is 6.56. The molecule has 1 aromatic heterocycles. The highest BCUT2D eigenvalue weighted by atomic mass is 16.6. The topological polar surface area (TPSA) is 45.0 Å². The van der Waals surface area contributed by atoms with E-state index in [1.807, 2.05) is 49.4 Å². The van der Waals surface area contributed by atoms with Crippen molar-refractivity contribution in [2.24, 2.45) is 5.16 Å². The number of nitrogens with zero attached hydrogens (tertiary/aromatic N) is 2. The van der Waals surface area contributed by atoms with Gasteiger partial charge < -0.3 is 18.9 Å². The van der Waals surface area contributed by atoms with Crippen LogP contribution in [0.15, 0.2) is 72.4 Å². The second kappa shape index (κ2) is 9.15. The van der Waals surface area contributed by atoms with E-state index in [9.17, 15) is 0 Å². The molecule has 0 aliphatic heterocycles. The van der Waals surface area contributed by atoms with E-state index in [2.05, 4.69) is 35.4 Å². The molecule has 0 amide bonds. The predicted octanol–water partition coefficient (Wildman–Crippen LogP) is 5.40. The number of aromatic nitrogens is 1. The summed E-state index contributed by atoms with van der Waals surface area (Å²) in [6.45, 7) is 8.05. The lowest BCUT2D eigenvalue weighted by atomic mass is 10.1. The molecule has 3 rings (SSSR count). The van der Waals surface area contributed by atoms with Crippen molar-refractivity contribution in [1.82, 2.24) is 4.57 Å². The fraction of sp³-hybridized carbons (Fsp3) is 0.208. The van der Waals surface area contributed by atoms with Crippen LogP contribution >= 0.6 is 0 Å². The van der Waals surface area contributed by atoms with Gasteiger partial charge in [-0.25, -0.2) is 0 Å². The average molecular weight is 390 g/mol. The lowest BCUT2D eigenvalue weighted by Crippen LogP contribution is -2.02. The van der Waals surface area contributed by atoms with Crippen LogP contribution in [0.5, 0.6) is 11.5 Å². The Morgan fingerprint density at radius 2 is 1.76 bits per heavy atom. The molecule has 0 unspecified atom stereocenters. The molecule has 0 atom stereocenters. The van der Waals surface area contributed by atoms with Crippen LogP contribution in [0.25, 0.3) is 16.9 Å². The highest BCUT2D eigenvalue weighted by Gasteiger charge is 2.17. The van der Waals surface area contributed by atoms with Crippen molar-refractivity contribution < 1.29 is 14.3 Å². The summed E-state index contributed by atoms with van der Waals surface area (Å²) in [7, 11) is 3.34. The zero-order valence-corrected chi connectivity index (χ0v) is 17.3. The number of methoxy groups -OCH3 is 2. The van der Waals surface area contributed by atoms with E-state index < -0.39 is 0 Å². The van der Waals surface area contributed by atoms with Crippen molar-refractivity contribution in [2.45, 2.75) is 13.8 Å². The van der Waals surface area contributed by atoms with Crippen molar-refractivity contribution in [3.8, 4) is 28.4 Å². The molecule has 0 aliphatic rings. The molecule has 2 aromatic carbocycles. The van der Waals surface area contributed by atoms with E-state index in [4.69, 9.17) is 14.3 Å². The van der Waals surface area contributed by atoms with E-state index in [1.165, 1.54) is 0 Å². The van der Waals surface area contributed by atoms with Gasteiger partial charge in [0.25, 0.3) is 0 Å². The Balaban J connectivity index is 2.17. The van der Waals surface area contributed by atoms with Crippen LogP contribution in [0.1, 0.15) is 18.2 Å². The molecule has 150 valence electrons. The van der Waals surface area contributed by atoms with Crippen LogP contribution in [-0.2, 0) is 4.84 Å². The van der Waals surface area contributed by atoms with E-state index in [1.54, 1.807) is 20.3 Å². The molecule has 3 aromatic rings. The Kier molecular flexibility index (Phi) is 6.39. The van der Waals surface area contributed by atoms with Gasteiger partial charge in [0.05, 0.1) is 25.6 Å². The predicted molar refractivity (Wildman–Crippen MR) is 117 cm³/mol. The third kappa shape index (κ3) is 4.35. The van der Waals surface area contributed by atoms with E-state index in [-0.39, 0.29) is 0 Å². The summed E-state index contributed by atoms with van der Waals surface area (Å²) in [6.07, 6.45) is 1.67. The van der Waals surface area contributed by atoms with Gasteiger partial charge in [0.15, 0.2) is 0 Å². The highest BCUT2D eigenvalue weighted by molar-refractivity contribution is 6.01. The quantitative estimate of drug-likeness (QED) is 0.224. The average Bonchev–Trinajstić information content (AvgIpc) is 3.11. The number of rotatable bonds is 8. The van der Waals surface area contributed by atoms with Crippen LogP contribution in [0.4, 0.5) is 0 Å². The summed E-state index contributed by atoms with van der Waals surface area (Å²) >= 11 is 0. The molecule has 5 nitrogen and oxygen atoms in total. The van der Waals surface area contributed by atoms with Gasteiger partial charge in [0, 0.05) is 22.5 Å². The van der Waals surface area contributed by atoms with Gasteiger partial charge in [-0.2, -0.15) is 0 Å². The van der Waals surface area contributed by atoms with Crippen molar-refractivity contribution in [3.63, 3.8) is 0 Å². The van der Waals surface area contributed by atoms with Gasteiger partial charge in [0.2, 0.25) is 0 Å². The first-order valence-corrected chi connectivity index (χ1v) is 9.38. The molecule has 0 spiro atoms. The van der Waals surface area contributed by atoms with Crippen molar-refractivity contribution in [1.29, 1.82) is 0 Å². The standard InChI is InChI=1S/C24H26N2O3/c1-6-14-29-25-17(2)23-16-24(19-8-7-9-22(15-19)28-5)26(18(23)3)20-10-12-21(27-4)13-11-20/h6-13,15-16H,1,14H2,2-5H3/b25-17+. The Hall–Kier alpha value is -3.47. The van der Waals surface area contributed by atoms with Crippen molar-refractivity contribution >= 4 is 5.71 Å². The first kappa shape index (κ1) is 20.3. The van der Waals surface area contributed by atoms with E-state index in [0.717, 1.165) is 45.4 Å². The minimum Gasteiger partial charge on any atom is -0.497 e. The SMILES string of the molecule is C=CCO/N=C(\C)c1cc(-c2cccc(OC)c2)n(-c2ccc(OC)cc2)c1C. The zero-order valence-electron chi connectivity index (χ0n) is 17.3. The van der Waals surface area contributed by atoms with Crippen LogP contribution in [0.2, 0.25) is 0 Å². The van der Waals surface area contributed by atoms with Crippen LogP contribution in [0, 0.1) is 6.92 Å². The third-order valence-electron chi connectivity index (χ3n) is 4.73. The monoisotopic (exact) mass is 390 g/mol. The summed E-state index contributed by atoms with van der Waals surface area (Å²) in [6, 6.07) is 18.2. The molecule has 0 fully saturated rings. The molecule has 5 heteroatoms. The lowest BCUT2D eigenvalue weighted by Gasteiger charge is -2.13. The normalized spacial score (nSPS) is 11.2. The fourth-order valence-electron chi connectivity index (χ4n) is 3.27. The molecule has 1 heterocycles. The summed E-state index contributed by atoms with van der Waals surface area (Å²) in [4.78, 5) is 5.31. The molecule has 0 bridgehead atoms. The summed E-state index contributed by atoms with van der Waals surface area (Å²) in [5.74, 6) is 1.63. The maximum atomic E-state index is 5.42. The Morgan fingerprint density at radius 3 is 2.41 bits per heavy atom. The summed E-state index contributed by atoms with van der Waals surface area (Å²) in [5.41, 5.74) is 6.02. The molecule has 0 saturated carbocycles. The summed E-state index contributed by atoms with van der Waals surface area (Å²) < 4.78 is 12.9. The molecule has 0 saturated heterocycles. The largest absolute Gasteiger partial charge is 0.497 e. The van der Waals surface area contributed by atoms with Gasteiger partial charge in [-0.3, -0.25) is 0 Å². The third-order valence-corrected chi connectivity index (χ3v) is 4.73. The second-order valence-corrected chi connectivity index (χ2v) is 6.56. The molecule has 29 heavy (non-hydrogen) atoms. The van der Waals surface area contributed by atoms with Crippen LogP contribution < -0.4 is 9.47 Å². The minimum atomic E-state index is 0.373. The van der Waals surface area contributed by atoms with Gasteiger partial charge in [-0.05, 0) is 56.3 Å². The van der Waals surface area contributed by atoms with E-state index >= 15 is 0 Å². The zero-order chi connectivity index (χ0) is 20.8. The molecule has 0 aliphatic carbocycles. The minimum absolute atomic E-state index is 0.373. The maximum absolute atomic E-state index is 5.42. The number of oxime groups is 1. The molecular formula is C24H26N2O3. The van der Waals surface area contributed by atoms with Crippen molar-refractivity contribution in [2.75, 3.05) is 20.8 Å². The number of hydrogen-bond donors (Lipinski definition) is 0. The number of ether oxygens (including phenoxy) is 2. The summed E-state index contributed by atoms with van der Waals surface area (Å²) in [5, 5.41) is 4.24. The molecule has 0 N–H and O–H groups in total. The van der Waals surface area contributed by atoms with Crippen LogP contribution in [0.3, 0.4) is 0 Å². The Bertz CT molecular complexity index is 1020. The molecule has 0 radical (unpaired) electrons. The fourth-order valence-corrected chi connectivity index (χ4v) is 3.27. The van der Waals surface area contributed by atoms with E-state index in [0.29, 0.717) is 6.61 Å². The highest BCUT2D eigenvalue weighted by Crippen LogP contribution is 2.32. The number of benzene rings is 2. The van der Waals surface area contributed by atoms with Crippen LogP contribution in [-0.4, -0.2) is 31.1 Å². The van der Waals surface area contributed by atoms with Gasteiger partial charge in [-0.15, -0.1) is 0 Å². The van der Waals surface area contributed by atoms with Crippen molar-refractivity contribution in [3.05, 3.63) is 78.5 Å². The Labute approximate surface area is 171 Å². The smallest absolute Gasteiger partial charge is 0.135 e. The lowest BCUT2D eigenvalue weighted by molar-refractivity contribution is 0.175. The maximum Gasteiger partial charge on any atom is 0.135 e. The molecular weight excluding hydrogens is 364 g/mol. The first-order valence-electron chi connectivity index (χ1n) is 9.38.